The van der Waals surface area contributed by atoms with Crippen molar-refractivity contribution in [2.45, 2.75) is 96.2 Å². The zero-order valence-electron chi connectivity index (χ0n) is 15.4. The molecule has 0 bridgehead atoms. The molecule has 3 heteroatoms. The molecule has 2 atom stereocenters. The van der Waals surface area contributed by atoms with E-state index in [1.807, 2.05) is 0 Å². The third-order valence-electron chi connectivity index (χ3n) is 4.16. The SMILES string of the molecule is CCC1OC1CC#CCCCCCCCC#CCCCC(=O)OC. The number of ether oxygens (including phenoxy) is 2. The van der Waals surface area contributed by atoms with Gasteiger partial charge in [0.25, 0.3) is 0 Å². The molecule has 1 heterocycles. The molecular formula is C21H32O3. The molecule has 0 amide bonds. The van der Waals surface area contributed by atoms with Crippen molar-refractivity contribution in [1.82, 2.24) is 0 Å². The Bertz CT molecular complexity index is 461. The summed E-state index contributed by atoms with van der Waals surface area (Å²) in [5.41, 5.74) is 0. The first-order valence-corrected chi connectivity index (χ1v) is 9.41. The van der Waals surface area contributed by atoms with Crippen molar-refractivity contribution in [3.05, 3.63) is 0 Å². The largest absolute Gasteiger partial charge is 0.469 e. The van der Waals surface area contributed by atoms with Crippen LogP contribution < -0.4 is 0 Å². The first-order chi connectivity index (χ1) is 11.8. The molecule has 1 rings (SSSR count). The summed E-state index contributed by atoms with van der Waals surface area (Å²) in [4.78, 5) is 10.9. The highest BCUT2D eigenvalue weighted by Crippen LogP contribution is 2.27. The summed E-state index contributed by atoms with van der Waals surface area (Å²) in [5.74, 6) is 12.7. The van der Waals surface area contributed by atoms with Gasteiger partial charge in [0.05, 0.1) is 19.3 Å². The van der Waals surface area contributed by atoms with Crippen LogP contribution in [0.2, 0.25) is 0 Å². The third kappa shape index (κ3) is 11.1. The van der Waals surface area contributed by atoms with E-state index in [2.05, 4.69) is 35.3 Å². The van der Waals surface area contributed by atoms with Gasteiger partial charge in [0.1, 0.15) is 0 Å². The van der Waals surface area contributed by atoms with Crippen molar-refractivity contribution in [2.24, 2.45) is 0 Å². The second-order valence-electron chi connectivity index (χ2n) is 6.23. The van der Waals surface area contributed by atoms with Gasteiger partial charge >= 0.3 is 5.97 Å². The molecule has 0 aromatic heterocycles. The molecule has 1 fully saturated rings. The highest BCUT2D eigenvalue weighted by atomic mass is 16.6. The monoisotopic (exact) mass is 332 g/mol. The Morgan fingerprint density at radius 3 is 2.04 bits per heavy atom. The van der Waals surface area contributed by atoms with Crippen LogP contribution in [0.1, 0.15) is 84.0 Å². The van der Waals surface area contributed by atoms with Crippen molar-refractivity contribution in [1.29, 1.82) is 0 Å². The molecular weight excluding hydrogens is 300 g/mol. The number of carbonyl (C=O) groups excluding carboxylic acids is 1. The van der Waals surface area contributed by atoms with Crippen LogP contribution in [-0.4, -0.2) is 25.3 Å². The Hall–Kier alpha value is -1.45. The number of hydrogen-bond donors (Lipinski definition) is 0. The minimum absolute atomic E-state index is 0.146. The molecule has 0 aromatic carbocycles. The van der Waals surface area contributed by atoms with E-state index < -0.39 is 0 Å². The second-order valence-corrected chi connectivity index (χ2v) is 6.23. The molecule has 0 saturated carbocycles. The molecule has 134 valence electrons. The standard InChI is InChI=1S/C21H32O3/c1-3-19-20(24-19)17-15-13-11-9-7-5-4-6-8-10-12-14-16-18-21(22)23-2/h19-20H,3-9,11,14,16-18H2,1-2H3. The van der Waals surface area contributed by atoms with Gasteiger partial charge in [0.2, 0.25) is 0 Å². The number of methoxy groups -OCH3 is 1. The van der Waals surface area contributed by atoms with E-state index >= 15 is 0 Å². The summed E-state index contributed by atoms with van der Waals surface area (Å²) >= 11 is 0. The molecule has 2 unspecified atom stereocenters. The minimum atomic E-state index is -0.146. The van der Waals surface area contributed by atoms with E-state index in [4.69, 9.17) is 4.74 Å². The lowest BCUT2D eigenvalue weighted by Crippen LogP contribution is -1.98. The fraction of sp³-hybridized carbons (Fsp3) is 0.762. The molecule has 0 aliphatic carbocycles. The van der Waals surface area contributed by atoms with Crippen molar-refractivity contribution in [3.8, 4) is 23.7 Å². The fourth-order valence-electron chi connectivity index (χ4n) is 2.54. The van der Waals surface area contributed by atoms with Gasteiger partial charge in [-0.3, -0.25) is 4.79 Å². The molecule has 0 N–H and O–H groups in total. The number of esters is 1. The zero-order chi connectivity index (χ0) is 17.5. The van der Waals surface area contributed by atoms with Gasteiger partial charge < -0.3 is 9.47 Å². The van der Waals surface area contributed by atoms with Crippen LogP contribution >= 0.6 is 0 Å². The average molecular weight is 332 g/mol. The number of carbonyl (C=O) groups is 1. The van der Waals surface area contributed by atoms with E-state index in [1.165, 1.54) is 39.2 Å². The van der Waals surface area contributed by atoms with Gasteiger partial charge in [-0.05, 0) is 25.7 Å². The lowest BCUT2D eigenvalue weighted by Gasteiger charge is -1.96. The second kappa shape index (κ2) is 13.9. The lowest BCUT2D eigenvalue weighted by atomic mass is 10.1. The first-order valence-electron chi connectivity index (χ1n) is 9.41. The van der Waals surface area contributed by atoms with Crippen LogP contribution in [-0.2, 0) is 14.3 Å². The molecule has 1 aliphatic heterocycles. The number of unbranched alkanes of at least 4 members (excludes halogenated alkanes) is 7. The molecule has 0 radical (unpaired) electrons. The maximum Gasteiger partial charge on any atom is 0.305 e. The minimum Gasteiger partial charge on any atom is -0.469 e. The topological polar surface area (TPSA) is 38.8 Å². The fourth-order valence-corrected chi connectivity index (χ4v) is 2.54. The third-order valence-corrected chi connectivity index (χ3v) is 4.16. The molecule has 3 nitrogen and oxygen atoms in total. The van der Waals surface area contributed by atoms with E-state index in [0.717, 1.165) is 38.5 Å². The van der Waals surface area contributed by atoms with Gasteiger partial charge in [-0.15, -0.1) is 23.7 Å². The molecule has 0 aromatic rings. The summed E-state index contributed by atoms with van der Waals surface area (Å²) in [7, 11) is 1.42. The van der Waals surface area contributed by atoms with Crippen molar-refractivity contribution in [3.63, 3.8) is 0 Å². The Balaban J connectivity index is 1.79. The number of rotatable bonds is 11. The Morgan fingerprint density at radius 1 is 0.875 bits per heavy atom. The Morgan fingerprint density at radius 2 is 1.46 bits per heavy atom. The maximum absolute atomic E-state index is 10.9. The van der Waals surface area contributed by atoms with Crippen LogP contribution in [0.5, 0.6) is 0 Å². The predicted molar refractivity (Wildman–Crippen MR) is 97.3 cm³/mol. The van der Waals surface area contributed by atoms with Gasteiger partial charge in [-0.1, -0.05) is 26.2 Å². The van der Waals surface area contributed by atoms with Crippen molar-refractivity contribution in [2.75, 3.05) is 7.11 Å². The van der Waals surface area contributed by atoms with E-state index in [9.17, 15) is 4.79 Å². The van der Waals surface area contributed by atoms with Gasteiger partial charge in [-0.2, -0.15) is 0 Å². The molecule has 1 aliphatic rings. The molecule has 0 spiro atoms. The van der Waals surface area contributed by atoms with Crippen LogP contribution in [0.3, 0.4) is 0 Å². The molecule has 1 saturated heterocycles. The van der Waals surface area contributed by atoms with E-state index in [0.29, 0.717) is 18.6 Å². The summed E-state index contributed by atoms with van der Waals surface area (Å²) < 4.78 is 10.0. The number of epoxide rings is 1. The van der Waals surface area contributed by atoms with E-state index in [1.54, 1.807) is 0 Å². The zero-order valence-corrected chi connectivity index (χ0v) is 15.4. The summed E-state index contributed by atoms with van der Waals surface area (Å²) in [6, 6.07) is 0. The quantitative estimate of drug-likeness (QED) is 0.239. The number of hydrogen-bond acceptors (Lipinski definition) is 3. The maximum atomic E-state index is 10.9. The van der Waals surface area contributed by atoms with Gasteiger partial charge in [0, 0.05) is 32.1 Å². The highest BCUT2D eigenvalue weighted by Gasteiger charge is 2.35. The summed E-state index contributed by atoms with van der Waals surface area (Å²) in [6.45, 7) is 2.16. The van der Waals surface area contributed by atoms with Gasteiger partial charge in [-0.25, -0.2) is 0 Å². The Labute approximate surface area is 147 Å². The van der Waals surface area contributed by atoms with Crippen LogP contribution in [0.15, 0.2) is 0 Å². The lowest BCUT2D eigenvalue weighted by molar-refractivity contribution is -0.140. The Kier molecular flexibility index (Phi) is 12.0. The first kappa shape index (κ1) is 20.6. The summed E-state index contributed by atoms with van der Waals surface area (Å²) in [5, 5.41) is 0. The van der Waals surface area contributed by atoms with Gasteiger partial charge in [0.15, 0.2) is 0 Å². The normalized spacial score (nSPS) is 18.1. The molecule has 24 heavy (non-hydrogen) atoms. The predicted octanol–water partition coefficient (Wildman–Crippen LogP) is 4.63. The van der Waals surface area contributed by atoms with Crippen LogP contribution in [0.25, 0.3) is 0 Å². The highest BCUT2D eigenvalue weighted by molar-refractivity contribution is 5.69. The summed E-state index contributed by atoms with van der Waals surface area (Å²) in [6.07, 6.45) is 13.1. The van der Waals surface area contributed by atoms with E-state index in [-0.39, 0.29) is 5.97 Å². The van der Waals surface area contributed by atoms with Crippen molar-refractivity contribution < 1.29 is 14.3 Å². The average Bonchev–Trinajstić information content (AvgIpc) is 3.36. The van der Waals surface area contributed by atoms with Crippen LogP contribution in [0.4, 0.5) is 0 Å². The van der Waals surface area contributed by atoms with Crippen molar-refractivity contribution >= 4 is 5.97 Å². The smallest absolute Gasteiger partial charge is 0.305 e. The van der Waals surface area contributed by atoms with Crippen LogP contribution in [0, 0.1) is 23.7 Å².